The van der Waals surface area contributed by atoms with Gasteiger partial charge in [0.15, 0.2) is 0 Å². The van der Waals surface area contributed by atoms with E-state index in [0.29, 0.717) is 5.92 Å². The number of hydrogen-bond acceptors (Lipinski definition) is 0. The monoisotopic (exact) mass is 300 g/mol. The summed E-state index contributed by atoms with van der Waals surface area (Å²) < 4.78 is 0. The summed E-state index contributed by atoms with van der Waals surface area (Å²) in [6.45, 7) is 15.4. The molecule has 0 rings (SSSR count). The minimum Gasteiger partial charge on any atom is -0.0856 e. The summed E-state index contributed by atoms with van der Waals surface area (Å²) >= 11 is 0. The lowest BCUT2D eigenvalue weighted by molar-refractivity contribution is 0.825. The van der Waals surface area contributed by atoms with Crippen LogP contribution in [-0.2, 0) is 0 Å². The van der Waals surface area contributed by atoms with Crippen molar-refractivity contribution in [3.8, 4) is 0 Å². The standard InChI is InChI=1S/C22H36/c1-18(2)11-8-12-20(5)13-9-14-21(6)15-10-16-22(7)17-19(3)4/h10-11,13,15-17,19H,8-9,12,14H2,1-7H3/b16-10+,20-13+,21-15+,22-17+. The maximum Gasteiger partial charge on any atom is -0.0285 e. The third-order valence-corrected chi connectivity index (χ3v) is 3.46. The molecule has 0 heteroatoms. The third-order valence-electron chi connectivity index (χ3n) is 3.46. The molecule has 0 aliphatic rings. The van der Waals surface area contributed by atoms with Gasteiger partial charge in [-0.05, 0) is 66.2 Å². The number of hydrogen-bond donors (Lipinski definition) is 0. The lowest BCUT2D eigenvalue weighted by Crippen LogP contribution is -1.81. The van der Waals surface area contributed by atoms with Crippen molar-refractivity contribution >= 4 is 0 Å². The van der Waals surface area contributed by atoms with Gasteiger partial charge in [0.2, 0.25) is 0 Å². The van der Waals surface area contributed by atoms with Crippen LogP contribution in [-0.4, -0.2) is 0 Å². The van der Waals surface area contributed by atoms with Crippen molar-refractivity contribution in [2.45, 2.75) is 74.1 Å². The normalized spacial score (nSPS) is 14.1. The Hall–Kier alpha value is -1.30. The van der Waals surface area contributed by atoms with Crippen LogP contribution in [0.5, 0.6) is 0 Å². The molecule has 0 aromatic rings. The summed E-state index contributed by atoms with van der Waals surface area (Å²) in [5.74, 6) is 0.620. The molecule has 124 valence electrons. The van der Waals surface area contributed by atoms with Gasteiger partial charge in [-0.15, -0.1) is 0 Å². The van der Waals surface area contributed by atoms with Crippen molar-refractivity contribution < 1.29 is 0 Å². The van der Waals surface area contributed by atoms with Crippen molar-refractivity contribution in [2.75, 3.05) is 0 Å². The van der Waals surface area contributed by atoms with Gasteiger partial charge >= 0.3 is 0 Å². The minimum atomic E-state index is 0.620. The van der Waals surface area contributed by atoms with E-state index < -0.39 is 0 Å². The lowest BCUT2D eigenvalue weighted by Gasteiger charge is -2.01. The first-order chi connectivity index (χ1) is 10.3. The highest BCUT2D eigenvalue weighted by molar-refractivity contribution is 5.22. The Morgan fingerprint density at radius 1 is 0.818 bits per heavy atom. The van der Waals surface area contributed by atoms with Gasteiger partial charge in [-0.25, -0.2) is 0 Å². The molecule has 0 aliphatic carbocycles. The predicted molar refractivity (Wildman–Crippen MR) is 103 cm³/mol. The maximum absolute atomic E-state index is 2.39. The topological polar surface area (TPSA) is 0 Å². The quantitative estimate of drug-likeness (QED) is 0.304. The zero-order valence-electron chi connectivity index (χ0n) is 15.9. The molecule has 0 N–H and O–H groups in total. The fourth-order valence-electron chi connectivity index (χ4n) is 2.27. The molecule has 22 heavy (non-hydrogen) atoms. The Balaban J connectivity index is 4.16. The first kappa shape index (κ1) is 20.7. The molecule has 0 unspecified atom stereocenters. The van der Waals surface area contributed by atoms with Crippen molar-refractivity contribution in [3.05, 3.63) is 58.7 Å². The largest absolute Gasteiger partial charge is 0.0856 e. The first-order valence-electron chi connectivity index (χ1n) is 8.62. The number of allylic oxidation sites excluding steroid dienone is 10. The molecule has 0 fully saturated rings. The van der Waals surface area contributed by atoms with Crippen LogP contribution < -0.4 is 0 Å². The Bertz CT molecular complexity index is 446. The van der Waals surface area contributed by atoms with E-state index in [0.717, 1.165) is 12.8 Å². The molecule has 0 spiro atoms. The smallest absolute Gasteiger partial charge is 0.0285 e. The molecule has 0 aromatic heterocycles. The van der Waals surface area contributed by atoms with Crippen LogP contribution in [0.2, 0.25) is 0 Å². The van der Waals surface area contributed by atoms with Crippen molar-refractivity contribution in [1.29, 1.82) is 0 Å². The van der Waals surface area contributed by atoms with Crippen molar-refractivity contribution in [3.63, 3.8) is 0 Å². The average Bonchev–Trinajstić information content (AvgIpc) is 2.37. The second-order valence-corrected chi connectivity index (χ2v) is 6.94. The summed E-state index contributed by atoms with van der Waals surface area (Å²) in [6, 6.07) is 0. The Kier molecular flexibility index (Phi) is 11.5. The van der Waals surface area contributed by atoms with Gasteiger partial charge in [-0.3, -0.25) is 0 Å². The van der Waals surface area contributed by atoms with Crippen LogP contribution in [0, 0.1) is 5.92 Å². The van der Waals surface area contributed by atoms with E-state index in [1.54, 1.807) is 0 Å². The molecule has 0 amide bonds. The third kappa shape index (κ3) is 13.7. The Morgan fingerprint density at radius 2 is 1.41 bits per heavy atom. The molecule has 0 bridgehead atoms. The van der Waals surface area contributed by atoms with E-state index in [9.17, 15) is 0 Å². The second-order valence-electron chi connectivity index (χ2n) is 6.94. The molecule has 0 radical (unpaired) electrons. The molecule has 0 aromatic carbocycles. The Morgan fingerprint density at radius 3 is 2.00 bits per heavy atom. The molecule has 0 nitrogen and oxygen atoms in total. The molecule has 0 atom stereocenters. The van der Waals surface area contributed by atoms with Gasteiger partial charge in [-0.2, -0.15) is 0 Å². The highest BCUT2D eigenvalue weighted by Gasteiger charge is 1.91. The van der Waals surface area contributed by atoms with Crippen LogP contribution in [0.4, 0.5) is 0 Å². The van der Waals surface area contributed by atoms with Crippen LogP contribution in [0.1, 0.15) is 74.1 Å². The van der Waals surface area contributed by atoms with Gasteiger partial charge in [0, 0.05) is 0 Å². The van der Waals surface area contributed by atoms with Crippen LogP contribution in [0.25, 0.3) is 0 Å². The SMILES string of the molecule is CC(C)=CCC/C(C)=C/CC/C(C)=C/C=C/C(C)=C/C(C)C. The molecule has 0 heterocycles. The van der Waals surface area contributed by atoms with Crippen molar-refractivity contribution in [1.82, 2.24) is 0 Å². The van der Waals surface area contributed by atoms with Gasteiger partial charge in [0.25, 0.3) is 0 Å². The zero-order chi connectivity index (χ0) is 17.0. The van der Waals surface area contributed by atoms with Crippen LogP contribution in [0.15, 0.2) is 58.7 Å². The van der Waals surface area contributed by atoms with E-state index in [1.165, 1.54) is 35.1 Å². The molecule has 0 saturated heterocycles. The molecular formula is C22H36. The lowest BCUT2D eigenvalue weighted by atomic mass is 10.1. The second kappa shape index (κ2) is 12.3. The summed E-state index contributed by atoms with van der Waals surface area (Å²) in [6.07, 6.45) is 18.3. The summed E-state index contributed by atoms with van der Waals surface area (Å²) in [4.78, 5) is 0. The number of rotatable bonds is 9. The van der Waals surface area contributed by atoms with E-state index in [-0.39, 0.29) is 0 Å². The maximum atomic E-state index is 2.39. The minimum absolute atomic E-state index is 0.620. The van der Waals surface area contributed by atoms with Gasteiger partial charge < -0.3 is 0 Å². The summed E-state index contributed by atoms with van der Waals surface area (Å²) in [5.41, 5.74) is 5.72. The van der Waals surface area contributed by atoms with E-state index in [1.807, 2.05) is 0 Å². The highest BCUT2D eigenvalue weighted by Crippen LogP contribution is 2.11. The van der Waals surface area contributed by atoms with Gasteiger partial charge in [0.1, 0.15) is 0 Å². The Labute approximate surface area is 139 Å². The molecule has 0 aliphatic heterocycles. The van der Waals surface area contributed by atoms with Gasteiger partial charge in [-0.1, -0.05) is 72.6 Å². The summed E-state index contributed by atoms with van der Waals surface area (Å²) in [5, 5.41) is 0. The fraction of sp³-hybridized carbons (Fsp3) is 0.545. The molecule has 0 saturated carbocycles. The van der Waals surface area contributed by atoms with Crippen molar-refractivity contribution in [2.24, 2.45) is 5.92 Å². The average molecular weight is 301 g/mol. The van der Waals surface area contributed by atoms with Crippen LogP contribution in [0.3, 0.4) is 0 Å². The van der Waals surface area contributed by atoms with E-state index in [2.05, 4.69) is 84.9 Å². The predicted octanol–water partition coefficient (Wildman–Crippen LogP) is 7.56. The van der Waals surface area contributed by atoms with E-state index >= 15 is 0 Å². The zero-order valence-corrected chi connectivity index (χ0v) is 15.9. The highest BCUT2D eigenvalue weighted by atomic mass is 14.0. The molecular weight excluding hydrogens is 264 g/mol. The van der Waals surface area contributed by atoms with Crippen LogP contribution >= 0.6 is 0 Å². The van der Waals surface area contributed by atoms with Gasteiger partial charge in [0.05, 0.1) is 0 Å². The fourth-order valence-corrected chi connectivity index (χ4v) is 2.27. The van der Waals surface area contributed by atoms with E-state index in [4.69, 9.17) is 0 Å². The first-order valence-corrected chi connectivity index (χ1v) is 8.62. The summed E-state index contributed by atoms with van der Waals surface area (Å²) in [7, 11) is 0.